The summed E-state index contributed by atoms with van der Waals surface area (Å²) < 4.78 is 7.61. The second-order valence-electron chi connectivity index (χ2n) is 6.17. The maximum Gasteiger partial charge on any atom is 0.328 e. The van der Waals surface area contributed by atoms with E-state index >= 15 is 0 Å². The number of aromatic nitrogens is 2. The van der Waals surface area contributed by atoms with E-state index in [1.165, 1.54) is 38.8 Å². The van der Waals surface area contributed by atoms with E-state index in [0.29, 0.717) is 12.2 Å². The van der Waals surface area contributed by atoms with Crippen LogP contribution in [-0.4, -0.2) is 62.9 Å². The third-order valence-electron chi connectivity index (χ3n) is 4.07. The molecule has 1 aliphatic heterocycles. The molecule has 8 heteroatoms. The van der Waals surface area contributed by atoms with Crippen LogP contribution in [0, 0.1) is 0 Å². The number of carbonyl (C=O) groups is 2. The number of rotatable bonds is 6. The van der Waals surface area contributed by atoms with E-state index in [9.17, 15) is 9.59 Å². The Bertz CT molecular complexity index is 715. The van der Waals surface area contributed by atoms with Crippen molar-refractivity contribution in [1.29, 1.82) is 0 Å². The summed E-state index contributed by atoms with van der Waals surface area (Å²) in [4.78, 5) is 21.6. The molecule has 2 N–H and O–H groups in total. The fourth-order valence-corrected chi connectivity index (χ4v) is 2.77. The first-order valence-electron chi connectivity index (χ1n) is 8.98. The Kier molecular flexibility index (Phi) is 8.31. The fourth-order valence-electron chi connectivity index (χ4n) is 2.77. The molecule has 0 aliphatic carbocycles. The zero-order valence-electron chi connectivity index (χ0n) is 15.2. The Morgan fingerprint density at radius 3 is 2.33 bits per heavy atom. The molecule has 8 nitrogen and oxygen atoms in total. The van der Waals surface area contributed by atoms with Crippen molar-refractivity contribution in [3.8, 4) is 5.88 Å². The van der Waals surface area contributed by atoms with E-state index < -0.39 is 11.9 Å². The van der Waals surface area contributed by atoms with Gasteiger partial charge in [0.25, 0.3) is 0 Å². The highest BCUT2D eigenvalue weighted by molar-refractivity contribution is 5.89. The number of hydrogen-bond donors (Lipinski definition) is 2. The first-order valence-corrected chi connectivity index (χ1v) is 8.98. The molecule has 0 saturated carbocycles. The third-order valence-corrected chi connectivity index (χ3v) is 4.07. The van der Waals surface area contributed by atoms with Gasteiger partial charge in [0.05, 0.1) is 5.52 Å². The zero-order valence-corrected chi connectivity index (χ0v) is 15.2. The van der Waals surface area contributed by atoms with Gasteiger partial charge < -0.3 is 14.9 Å². The highest BCUT2D eigenvalue weighted by Crippen LogP contribution is 2.13. The summed E-state index contributed by atoms with van der Waals surface area (Å²) in [5, 5.41) is 20.0. The summed E-state index contributed by atoms with van der Waals surface area (Å²) in [6.07, 6.45) is 8.47. The van der Waals surface area contributed by atoms with Gasteiger partial charge in [-0.05, 0) is 38.1 Å². The van der Waals surface area contributed by atoms with E-state index in [1.807, 2.05) is 35.0 Å². The van der Waals surface area contributed by atoms with Gasteiger partial charge in [0, 0.05) is 31.0 Å². The Balaban J connectivity index is 0.000000279. The molecule has 3 rings (SSSR count). The highest BCUT2D eigenvalue weighted by atomic mass is 16.5. The summed E-state index contributed by atoms with van der Waals surface area (Å²) in [6.45, 7) is 4.17. The lowest BCUT2D eigenvalue weighted by atomic mass is 10.2. The summed E-state index contributed by atoms with van der Waals surface area (Å²) in [5.41, 5.74) is 1.08. The predicted octanol–water partition coefficient (Wildman–Crippen LogP) is 2.30. The van der Waals surface area contributed by atoms with Crippen molar-refractivity contribution in [1.82, 2.24) is 14.5 Å². The Hall–Kier alpha value is -2.87. The zero-order chi connectivity index (χ0) is 19.5. The van der Waals surface area contributed by atoms with Gasteiger partial charge in [0.15, 0.2) is 0 Å². The van der Waals surface area contributed by atoms with Gasteiger partial charge in [-0.2, -0.15) is 0 Å². The molecule has 0 bridgehead atoms. The molecule has 0 atom stereocenters. The lowest BCUT2D eigenvalue weighted by molar-refractivity contribution is -0.134. The summed E-state index contributed by atoms with van der Waals surface area (Å²) >= 11 is 0. The molecule has 1 fully saturated rings. The molecule has 0 radical (unpaired) electrons. The number of ether oxygens (including phenoxy) is 1. The Morgan fingerprint density at radius 2 is 1.74 bits per heavy atom. The van der Waals surface area contributed by atoms with Crippen LogP contribution in [0.15, 0.2) is 42.6 Å². The SMILES string of the molecule is O=C(O)/C=C\C(=O)O.c1ccn2nc(OCCN3CCCCCC3)cc2c1. The largest absolute Gasteiger partial charge is 0.478 e. The van der Waals surface area contributed by atoms with Gasteiger partial charge >= 0.3 is 11.9 Å². The van der Waals surface area contributed by atoms with E-state index in [1.54, 1.807) is 0 Å². The van der Waals surface area contributed by atoms with Crippen molar-refractivity contribution in [3.05, 3.63) is 42.6 Å². The van der Waals surface area contributed by atoms with E-state index in [4.69, 9.17) is 14.9 Å². The lowest BCUT2D eigenvalue weighted by Crippen LogP contribution is -2.29. The third kappa shape index (κ3) is 7.91. The van der Waals surface area contributed by atoms with Crippen molar-refractivity contribution in [2.75, 3.05) is 26.2 Å². The molecule has 2 aromatic heterocycles. The van der Waals surface area contributed by atoms with Gasteiger partial charge in [-0.15, -0.1) is 5.10 Å². The molecule has 1 aliphatic rings. The van der Waals surface area contributed by atoms with E-state index in [0.717, 1.165) is 24.5 Å². The molecule has 0 unspecified atom stereocenters. The van der Waals surface area contributed by atoms with Crippen LogP contribution >= 0.6 is 0 Å². The van der Waals surface area contributed by atoms with Crippen molar-refractivity contribution >= 4 is 17.5 Å². The monoisotopic (exact) mass is 375 g/mol. The van der Waals surface area contributed by atoms with Crippen LogP contribution in [-0.2, 0) is 9.59 Å². The summed E-state index contributed by atoms with van der Waals surface area (Å²) in [5.74, 6) is -1.79. The Morgan fingerprint density at radius 1 is 1.07 bits per heavy atom. The maximum atomic E-state index is 9.55. The maximum absolute atomic E-state index is 9.55. The average Bonchev–Trinajstić information content (AvgIpc) is 2.87. The van der Waals surface area contributed by atoms with Crippen LogP contribution in [0.5, 0.6) is 5.88 Å². The van der Waals surface area contributed by atoms with Gasteiger partial charge in [-0.25, -0.2) is 14.1 Å². The van der Waals surface area contributed by atoms with Crippen LogP contribution < -0.4 is 4.74 Å². The molecule has 27 heavy (non-hydrogen) atoms. The van der Waals surface area contributed by atoms with Crippen LogP contribution in [0.3, 0.4) is 0 Å². The topological polar surface area (TPSA) is 104 Å². The average molecular weight is 375 g/mol. The minimum Gasteiger partial charge on any atom is -0.478 e. The normalized spacial score (nSPS) is 15.1. The van der Waals surface area contributed by atoms with Crippen LogP contribution in [0.2, 0.25) is 0 Å². The first-order chi connectivity index (χ1) is 13.0. The lowest BCUT2D eigenvalue weighted by Gasteiger charge is -2.19. The van der Waals surface area contributed by atoms with Crippen molar-refractivity contribution in [2.24, 2.45) is 0 Å². The van der Waals surface area contributed by atoms with Gasteiger partial charge in [0.1, 0.15) is 6.61 Å². The fraction of sp³-hybridized carbons (Fsp3) is 0.421. The van der Waals surface area contributed by atoms with Gasteiger partial charge in [-0.3, -0.25) is 4.90 Å². The number of nitrogens with zero attached hydrogens (tertiary/aromatic N) is 3. The molecule has 1 saturated heterocycles. The van der Waals surface area contributed by atoms with Crippen molar-refractivity contribution in [2.45, 2.75) is 25.7 Å². The number of hydrogen-bond acceptors (Lipinski definition) is 5. The molecule has 2 aromatic rings. The van der Waals surface area contributed by atoms with Crippen molar-refractivity contribution in [3.63, 3.8) is 0 Å². The van der Waals surface area contributed by atoms with Gasteiger partial charge in [0.2, 0.25) is 5.88 Å². The van der Waals surface area contributed by atoms with E-state index in [-0.39, 0.29) is 0 Å². The highest BCUT2D eigenvalue weighted by Gasteiger charge is 2.09. The quantitative estimate of drug-likeness (QED) is 0.747. The minimum absolute atomic E-state index is 0.558. The predicted molar refractivity (Wildman–Crippen MR) is 100 cm³/mol. The number of carboxylic acids is 2. The smallest absolute Gasteiger partial charge is 0.328 e. The number of pyridine rings is 1. The Labute approximate surface area is 157 Å². The number of carboxylic acid groups (broad SMARTS) is 2. The van der Waals surface area contributed by atoms with Gasteiger partial charge in [-0.1, -0.05) is 18.9 Å². The molecular weight excluding hydrogens is 350 g/mol. The molecule has 0 amide bonds. The number of fused-ring (bicyclic) bond motifs is 1. The van der Waals surface area contributed by atoms with Crippen LogP contribution in [0.25, 0.3) is 5.52 Å². The van der Waals surface area contributed by atoms with Crippen molar-refractivity contribution < 1.29 is 24.5 Å². The number of aliphatic carboxylic acids is 2. The molecular formula is C19H25N3O5. The molecule has 0 spiro atoms. The van der Waals surface area contributed by atoms with E-state index in [2.05, 4.69) is 10.00 Å². The van der Waals surface area contributed by atoms with Crippen LogP contribution in [0.4, 0.5) is 0 Å². The molecule has 146 valence electrons. The second-order valence-corrected chi connectivity index (χ2v) is 6.17. The standard InChI is InChI=1S/C15H21N3O.C4H4O4/c1-2-5-9-17(8-4-1)11-12-19-15-13-14-7-3-6-10-18(14)16-15;5-3(6)1-2-4(7)8/h3,6-7,10,13H,1-2,4-5,8-9,11-12H2;1-2H,(H,5,6)(H,7,8)/b;2-1-. The second kappa shape index (κ2) is 11.0. The summed E-state index contributed by atoms with van der Waals surface area (Å²) in [7, 11) is 0. The molecule has 3 heterocycles. The minimum atomic E-state index is -1.26. The van der Waals surface area contributed by atoms with Crippen LogP contribution in [0.1, 0.15) is 25.7 Å². The molecule has 0 aromatic carbocycles. The number of likely N-dealkylation sites (tertiary alicyclic amines) is 1. The first kappa shape index (κ1) is 20.4. The summed E-state index contributed by atoms with van der Waals surface area (Å²) in [6, 6.07) is 8.01.